The van der Waals surface area contributed by atoms with Gasteiger partial charge >= 0.3 is 0 Å². The molecule has 0 spiro atoms. The number of unbranched alkanes of at least 4 members (excludes halogenated alkanes) is 7. The van der Waals surface area contributed by atoms with Crippen molar-refractivity contribution in [1.29, 1.82) is 0 Å². The number of ether oxygens (including phenoxy) is 1. The average Bonchev–Trinajstić information content (AvgIpc) is 2.45. The quantitative estimate of drug-likeness (QED) is 0.341. The molecule has 1 aromatic rings. The summed E-state index contributed by atoms with van der Waals surface area (Å²) in [7, 11) is 0. The molecule has 0 saturated heterocycles. The van der Waals surface area contributed by atoms with Gasteiger partial charge in [-0.25, -0.2) is 4.39 Å². The van der Waals surface area contributed by atoms with Crippen LogP contribution in [0, 0.1) is 5.82 Å². The van der Waals surface area contributed by atoms with Crippen molar-refractivity contribution in [3.63, 3.8) is 0 Å². The minimum atomic E-state index is -0.229. The first kappa shape index (κ1) is 17.5. The van der Waals surface area contributed by atoms with Crippen LogP contribution in [0.4, 0.5) is 4.39 Å². The van der Waals surface area contributed by atoms with Crippen molar-refractivity contribution in [2.45, 2.75) is 63.6 Å². The molecule has 0 saturated carbocycles. The Balaban J connectivity index is 2.08. The Morgan fingerprint density at radius 1 is 0.950 bits per heavy atom. The second-order valence-electron chi connectivity index (χ2n) is 5.25. The zero-order chi connectivity index (χ0) is 14.6. The van der Waals surface area contributed by atoms with Crippen molar-refractivity contribution >= 4 is 15.9 Å². The van der Waals surface area contributed by atoms with Gasteiger partial charge in [0.2, 0.25) is 0 Å². The highest BCUT2D eigenvalue weighted by Gasteiger charge is 2.01. The minimum Gasteiger partial charge on any atom is -0.493 e. The van der Waals surface area contributed by atoms with Gasteiger partial charge in [0.25, 0.3) is 0 Å². The van der Waals surface area contributed by atoms with Crippen molar-refractivity contribution in [1.82, 2.24) is 0 Å². The molecular formula is C17H26BrFO. The molecule has 0 fully saturated rings. The summed E-state index contributed by atoms with van der Waals surface area (Å²) >= 11 is 3.33. The van der Waals surface area contributed by atoms with Crippen LogP contribution >= 0.6 is 15.9 Å². The van der Waals surface area contributed by atoms with E-state index in [1.807, 2.05) is 6.07 Å². The number of benzene rings is 1. The summed E-state index contributed by atoms with van der Waals surface area (Å²) in [6, 6.07) is 4.87. The van der Waals surface area contributed by atoms with Crippen LogP contribution in [0.15, 0.2) is 18.2 Å². The molecule has 0 heterocycles. The van der Waals surface area contributed by atoms with Crippen LogP contribution in [0.5, 0.6) is 5.75 Å². The number of hydrogen-bond donors (Lipinski definition) is 0. The van der Waals surface area contributed by atoms with Gasteiger partial charge in [0.05, 0.1) is 6.61 Å². The topological polar surface area (TPSA) is 9.23 Å². The van der Waals surface area contributed by atoms with Crippen molar-refractivity contribution in [3.8, 4) is 5.75 Å². The monoisotopic (exact) mass is 344 g/mol. The van der Waals surface area contributed by atoms with Gasteiger partial charge in [-0.2, -0.15) is 0 Å². The first-order valence-corrected chi connectivity index (χ1v) is 8.86. The number of rotatable bonds is 11. The summed E-state index contributed by atoms with van der Waals surface area (Å²) in [4.78, 5) is 0. The van der Waals surface area contributed by atoms with Crippen LogP contribution < -0.4 is 4.74 Å². The van der Waals surface area contributed by atoms with Crippen molar-refractivity contribution < 1.29 is 9.13 Å². The molecule has 114 valence electrons. The van der Waals surface area contributed by atoms with Gasteiger partial charge < -0.3 is 4.74 Å². The maximum Gasteiger partial charge on any atom is 0.127 e. The van der Waals surface area contributed by atoms with E-state index < -0.39 is 0 Å². The Morgan fingerprint density at radius 3 is 2.25 bits per heavy atom. The fraction of sp³-hybridized carbons (Fsp3) is 0.647. The predicted octanol–water partition coefficient (Wildman–Crippen LogP) is 6.24. The number of alkyl halides is 1. The lowest BCUT2D eigenvalue weighted by Crippen LogP contribution is -1.98. The summed E-state index contributed by atoms with van der Waals surface area (Å²) < 4.78 is 18.9. The Labute approximate surface area is 131 Å². The molecule has 1 nitrogen and oxygen atoms in total. The Kier molecular flexibility index (Phi) is 9.73. The lowest BCUT2D eigenvalue weighted by atomic mass is 10.1. The molecule has 0 bridgehead atoms. The van der Waals surface area contributed by atoms with Gasteiger partial charge in [-0.05, 0) is 24.1 Å². The van der Waals surface area contributed by atoms with E-state index in [9.17, 15) is 4.39 Å². The first-order valence-electron chi connectivity index (χ1n) is 7.74. The fourth-order valence-electron chi connectivity index (χ4n) is 2.21. The van der Waals surface area contributed by atoms with E-state index in [1.165, 1.54) is 57.1 Å². The van der Waals surface area contributed by atoms with Crippen LogP contribution in [0.1, 0.15) is 63.9 Å². The van der Waals surface area contributed by atoms with E-state index in [0.29, 0.717) is 17.7 Å². The van der Waals surface area contributed by atoms with Gasteiger partial charge in [-0.3, -0.25) is 0 Å². The van der Waals surface area contributed by atoms with Crippen LogP contribution in [0.2, 0.25) is 0 Å². The Bertz CT molecular complexity index is 368. The van der Waals surface area contributed by atoms with Gasteiger partial charge in [0.1, 0.15) is 11.6 Å². The molecular weight excluding hydrogens is 319 g/mol. The third kappa shape index (κ3) is 7.88. The molecule has 0 unspecified atom stereocenters. The molecule has 0 N–H and O–H groups in total. The molecule has 0 atom stereocenters. The molecule has 0 amide bonds. The van der Waals surface area contributed by atoms with Crippen LogP contribution in [0.25, 0.3) is 0 Å². The maximum atomic E-state index is 13.3. The molecule has 20 heavy (non-hydrogen) atoms. The van der Waals surface area contributed by atoms with Crippen molar-refractivity contribution in [3.05, 3.63) is 29.6 Å². The zero-order valence-corrected chi connectivity index (χ0v) is 14.1. The smallest absolute Gasteiger partial charge is 0.127 e. The van der Waals surface area contributed by atoms with E-state index >= 15 is 0 Å². The van der Waals surface area contributed by atoms with Crippen LogP contribution in [0.3, 0.4) is 0 Å². The third-order valence-corrected chi connectivity index (χ3v) is 4.00. The highest BCUT2D eigenvalue weighted by Crippen LogP contribution is 2.19. The number of halogens is 2. The second kappa shape index (κ2) is 11.1. The maximum absolute atomic E-state index is 13.3. The van der Waals surface area contributed by atoms with E-state index in [-0.39, 0.29) is 5.82 Å². The Morgan fingerprint density at radius 2 is 1.60 bits per heavy atom. The van der Waals surface area contributed by atoms with E-state index in [2.05, 4.69) is 22.9 Å². The molecule has 3 heteroatoms. The minimum absolute atomic E-state index is 0.229. The summed E-state index contributed by atoms with van der Waals surface area (Å²) in [5, 5.41) is 0.652. The van der Waals surface area contributed by atoms with Crippen molar-refractivity contribution in [2.24, 2.45) is 0 Å². The van der Waals surface area contributed by atoms with Gasteiger partial charge in [0.15, 0.2) is 0 Å². The molecule has 0 aliphatic rings. The van der Waals surface area contributed by atoms with Gasteiger partial charge in [-0.15, -0.1) is 0 Å². The molecule has 0 aliphatic heterocycles. The molecule has 0 aromatic heterocycles. The molecule has 1 aromatic carbocycles. The second-order valence-corrected chi connectivity index (χ2v) is 5.81. The largest absolute Gasteiger partial charge is 0.493 e. The van der Waals surface area contributed by atoms with Crippen LogP contribution in [-0.4, -0.2) is 6.61 Å². The van der Waals surface area contributed by atoms with Crippen LogP contribution in [-0.2, 0) is 5.33 Å². The molecule has 0 radical (unpaired) electrons. The van der Waals surface area contributed by atoms with E-state index in [4.69, 9.17) is 4.74 Å². The lowest BCUT2D eigenvalue weighted by Gasteiger charge is -2.08. The zero-order valence-electron chi connectivity index (χ0n) is 12.5. The summed E-state index contributed by atoms with van der Waals surface area (Å²) in [6.07, 6.45) is 10.2. The molecule has 0 aliphatic carbocycles. The highest BCUT2D eigenvalue weighted by molar-refractivity contribution is 9.08. The molecule has 1 rings (SSSR count). The summed E-state index contributed by atoms with van der Waals surface area (Å²) in [5.41, 5.74) is 0.913. The van der Waals surface area contributed by atoms with E-state index in [0.717, 1.165) is 12.0 Å². The third-order valence-electron chi connectivity index (χ3n) is 3.35. The predicted molar refractivity (Wildman–Crippen MR) is 87.1 cm³/mol. The number of hydrogen-bond acceptors (Lipinski definition) is 1. The Hall–Kier alpha value is -0.570. The fourth-order valence-corrected chi connectivity index (χ4v) is 2.53. The standard InChI is InChI=1S/C17H26BrFO/c1-2-3-4-5-6-7-8-9-10-20-17-12-15(14-18)11-16(19)13-17/h11-13H,2-10,14H2,1H3. The lowest BCUT2D eigenvalue weighted by molar-refractivity contribution is 0.302. The average molecular weight is 345 g/mol. The first-order chi connectivity index (χ1) is 9.76. The summed E-state index contributed by atoms with van der Waals surface area (Å²) in [6.45, 7) is 2.92. The summed E-state index contributed by atoms with van der Waals surface area (Å²) in [5.74, 6) is 0.412. The SMILES string of the molecule is CCCCCCCCCCOc1cc(F)cc(CBr)c1. The van der Waals surface area contributed by atoms with Crippen molar-refractivity contribution in [2.75, 3.05) is 6.61 Å². The highest BCUT2D eigenvalue weighted by atomic mass is 79.9. The van der Waals surface area contributed by atoms with E-state index in [1.54, 1.807) is 0 Å². The van der Waals surface area contributed by atoms with Gasteiger partial charge in [0, 0.05) is 11.4 Å². The van der Waals surface area contributed by atoms with Gasteiger partial charge in [-0.1, -0.05) is 67.8 Å². The normalized spacial score (nSPS) is 10.8.